The molecule has 0 radical (unpaired) electrons. The first-order valence-electron chi connectivity index (χ1n) is 4.56. The first-order valence-corrected chi connectivity index (χ1v) is 4.56. The van der Waals surface area contributed by atoms with Gasteiger partial charge in [0.25, 0.3) is 0 Å². The SMILES string of the molecule is CNC(=O)NCC1(C(C)C)CC1. The Hall–Kier alpha value is -0.730. The number of carbonyl (C=O) groups excluding carboxylic acids is 1. The Morgan fingerprint density at radius 2 is 2.08 bits per heavy atom. The van der Waals surface area contributed by atoms with Crippen LogP contribution in [0.15, 0.2) is 0 Å². The lowest BCUT2D eigenvalue weighted by molar-refractivity contribution is 0.236. The molecule has 2 N–H and O–H groups in total. The van der Waals surface area contributed by atoms with Crippen LogP contribution in [0.3, 0.4) is 0 Å². The van der Waals surface area contributed by atoms with E-state index in [0.717, 1.165) is 6.54 Å². The quantitative estimate of drug-likeness (QED) is 0.659. The Morgan fingerprint density at radius 3 is 2.42 bits per heavy atom. The van der Waals surface area contributed by atoms with E-state index in [-0.39, 0.29) is 6.03 Å². The molecular weight excluding hydrogens is 152 g/mol. The zero-order valence-corrected chi connectivity index (χ0v) is 8.11. The van der Waals surface area contributed by atoms with Gasteiger partial charge in [-0.15, -0.1) is 0 Å². The van der Waals surface area contributed by atoms with Gasteiger partial charge in [-0.2, -0.15) is 0 Å². The van der Waals surface area contributed by atoms with Crippen molar-refractivity contribution in [3.05, 3.63) is 0 Å². The van der Waals surface area contributed by atoms with Gasteiger partial charge in [-0.05, 0) is 24.2 Å². The summed E-state index contributed by atoms with van der Waals surface area (Å²) < 4.78 is 0. The molecule has 70 valence electrons. The molecule has 1 saturated carbocycles. The molecule has 1 fully saturated rings. The Labute approximate surface area is 73.9 Å². The molecule has 0 unspecified atom stereocenters. The van der Waals surface area contributed by atoms with Gasteiger partial charge in [0.15, 0.2) is 0 Å². The summed E-state index contributed by atoms with van der Waals surface area (Å²) in [4.78, 5) is 10.9. The third-order valence-corrected chi connectivity index (χ3v) is 2.95. The van der Waals surface area contributed by atoms with E-state index < -0.39 is 0 Å². The fourth-order valence-electron chi connectivity index (χ4n) is 1.46. The van der Waals surface area contributed by atoms with E-state index in [0.29, 0.717) is 11.3 Å². The van der Waals surface area contributed by atoms with Crippen molar-refractivity contribution in [3.63, 3.8) is 0 Å². The molecule has 1 rings (SSSR count). The zero-order chi connectivity index (χ0) is 9.19. The Kier molecular flexibility index (Phi) is 2.60. The summed E-state index contributed by atoms with van der Waals surface area (Å²) >= 11 is 0. The molecular formula is C9H18N2O. The average Bonchev–Trinajstić information content (AvgIpc) is 2.81. The second-order valence-corrected chi connectivity index (χ2v) is 3.95. The summed E-state index contributed by atoms with van der Waals surface area (Å²) in [6, 6.07) is -0.0677. The molecule has 0 spiro atoms. The van der Waals surface area contributed by atoms with Crippen LogP contribution in [0.2, 0.25) is 0 Å². The average molecular weight is 170 g/mol. The number of rotatable bonds is 3. The maximum atomic E-state index is 10.9. The lowest BCUT2D eigenvalue weighted by Gasteiger charge is -2.19. The summed E-state index contributed by atoms with van der Waals surface area (Å²) in [6.07, 6.45) is 2.52. The molecule has 0 heterocycles. The predicted octanol–water partition coefficient (Wildman–Crippen LogP) is 1.35. The van der Waals surface area contributed by atoms with Crippen molar-refractivity contribution in [1.82, 2.24) is 10.6 Å². The molecule has 0 saturated heterocycles. The van der Waals surface area contributed by atoms with Crippen LogP contribution in [0.4, 0.5) is 4.79 Å². The number of amides is 2. The monoisotopic (exact) mass is 170 g/mol. The first-order chi connectivity index (χ1) is 5.60. The molecule has 0 aliphatic heterocycles. The van der Waals surface area contributed by atoms with Gasteiger partial charge in [0.1, 0.15) is 0 Å². The van der Waals surface area contributed by atoms with Gasteiger partial charge in [-0.1, -0.05) is 13.8 Å². The fraction of sp³-hybridized carbons (Fsp3) is 0.889. The molecule has 0 aromatic carbocycles. The van der Waals surface area contributed by atoms with Crippen LogP contribution in [0.25, 0.3) is 0 Å². The second kappa shape index (κ2) is 3.33. The normalized spacial score (nSPS) is 19.0. The standard InChI is InChI=1S/C9H18N2O/c1-7(2)9(4-5-9)6-11-8(12)10-3/h7H,4-6H2,1-3H3,(H2,10,11,12). The summed E-state index contributed by atoms with van der Waals surface area (Å²) in [5, 5.41) is 5.42. The van der Waals surface area contributed by atoms with Gasteiger partial charge in [-0.25, -0.2) is 4.79 Å². The van der Waals surface area contributed by atoms with Crippen molar-refractivity contribution in [2.24, 2.45) is 11.3 Å². The summed E-state index contributed by atoms with van der Waals surface area (Å²) in [5.41, 5.74) is 0.409. The van der Waals surface area contributed by atoms with Gasteiger partial charge in [-0.3, -0.25) is 0 Å². The van der Waals surface area contributed by atoms with Crippen molar-refractivity contribution >= 4 is 6.03 Å². The minimum atomic E-state index is -0.0677. The van der Waals surface area contributed by atoms with Crippen molar-refractivity contribution in [2.75, 3.05) is 13.6 Å². The van der Waals surface area contributed by atoms with Gasteiger partial charge in [0.2, 0.25) is 0 Å². The van der Waals surface area contributed by atoms with E-state index in [1.807, 2.05) is 0 Å². The third-order valence-electron chi connectivity index (χ3n) is 2.95. The third kappa shape index (κ3) is 1.90. The van der Waals surface area contributed by atoms with E-state index in [4.69, 9.17) is 0 Å². The highest BCUT2D eigenvalue weighted by atomic mass is 16.2. The maximum Gasteiger partial charge on any atom is 0.314 e. The number of urea groups is 1. The van der Waals surface area contributed by atoms with E-state index in [1.54, 1.807) is 7.05 Å². The van der Waals surface area contributed by atoms with E-state index in [1.165, 1.54) is 12.8 Å². The van der Waals surface area contributed by atoms with Crippen molar-refractivity contribution < 1.29 is 4.79 Å². The maximum absolute atomic E-state index is 10.9. The molecule has 1 aliphatic rings. The molecule has 3 heteroatoms. The molecule has 1 aliphatic carbocycles. The Balaban J connectivity index is 2.27. The zero-order valence-electron chi connectivity index (χ0n) is 8.11. The van der Waals surface area contributed by atoms with Gasteiger partial charge in [0, 0.05) is 13.6 Å². The highest BCUT2D eigenvalue weighted by molar-refractivity contribution is 5.73. The van der Waals surface area contributed by atoms with Crippen LogP contribution < -0.4 is 10.6 Å². The van der Waals surface area contributed by atoms with E-state index in [9.17, 15) is 4.79 Å². The number of hydrogen-bond donors (Lipinski definition) is 2. The number of carbonyl (C=O) groups is 1. The summed E-state index contributed by atoms with van der Waals surface area (Å²) in [6.45, 7) is 5.27. The molecule has 0 aromatic heterocycles. The highest BCUT2D eigenvalue weighted by Crippen LogP contribution is 2.51. The smallest absolute Gasteiger partial charge is 0.314 e. The van der Waals surface area contributed by atoms with Crippen LogP contribution >= 0.6 is 0 Å². The van der Waals surface area contributed by atoms with Crippen molar-refractivity contribution in [2.45, 2.75) is 26.7 Å². The lowest BCUT2D eigenvalue weighted by Crippen LogP contribution is -2.38. The minimum Gasteiger partial charge on any atom is -0.341 e. The minimum absolute atomic E-state index is 0.0677. The van der Waals surface area contributed by atoms with Crippen LogP contribution in [0.1, 0.15) is 26.7 Å². The molecule has 3 nitrogen and oxygen atoms in total. The van der Waals surface area contributed by atoms with Crippen molar-refractivity contribution in [1.29, 1.82) is 0 Å². The predicted molar refractivity (Wildman–Crippen MR) is 49.0 cm³/mol. The highest BCUT2D eigenvalue weighted by Gasteiger charge is 2.45. The molecule has 12 heavy (non-hydrogen) atoms. The Morgan fingerprint density at radius 1 is 1.50 bits per heavy atom. The van der Waals surface area contributed by atoms with Crippen molar-refractivity contribution in [3.8, 4) is 0 Å². The van der Waals surface area contributed by atoms with Gasteiger partial charge >= 0.3 is 6.03 Å². The summed E-state index contributed by atoms with van der Waals surface area (Å²) in [5.74, 6) is 0.676. The van der Waals surface area contributed by atoms with Gasteiger partial charge < -0.3 is 10.6 Å². The van der Waals surface area contributed by atoms with E-state index >= 15 is 0 Å². The van der Waals surface area contributed by atoms with Crippen LogP contribution in [0.5, 0.6) is 0 Å². The Bertz CT molecular complexity index is 173. The number of hydrogen-bond acceptors (Lipinski definition) is 1. The fourth-order valence-corrected chi connectivity index (χ4v) is 1.46. The second-order valence-electron chi connectivity index (χ2n) is 3.95. The molecule has 0 aromatic rings. The topological polar surface area (TPSA) is 41.1 Å². The first kappa shape index (κ1) is 9.36. The largest absolute Gasteiger partial charge is 0.341 e. The van der Waals surface area contributed by atoms with Crippen LogP contribution in [0, 0.1) is 11.3 Å². The van der Waals surface area contributed by atoms with E-state index in [2.05, 4.69) is 24.5 Å². The molecule has 0 bridgehead atoms. The summed E-state index contributed by atoms with van der Waals surface area (Å²) in [7, 11) is 1.64. The molecule has 0 atom stereocenters. The molecule has 2 amide bonds. The van der Waals surface area contributed by atoms with Crippen LogP contribution in [-0.4, -0.2) is 19.6 Å². The lowest BCUT2D eigenvalue weighted by atomic mass is 9.92. The van der Waals surface area contributed by atoms with Gasteiger partial charge in [0.05, 0.1) is 0 Å². The number of nitrogens with one attached hydrogen (secondary N) is 2. The van der Waals surface area contributed by atoms with Crippen LogP contribution in [-0.2, 0) is 0 Å².